The van der Waals surface area contributed by atoms with E-state index in [0.717, 1.165) is 19.4 Å². The minimum Gasteiger partial charge on any atom is -0.481 e. The van der Waals surface area contributed by atoms with Gasteiger partial charge in [0.25, 0.3) is 5.91 Å². The van der Waals surface area contributed by atoms with Crippen molar-refractivity contribution in [2.75, 3.05) is 32.5 Å². The van der Waals surface area contributed by atoms with Gasteiger partial charge in [-0.2, -0.15) is 10.4 Å². The maximum atomic E-state index is 15.6. The molecule has 0 radical (unpaired) electrons. The number of pyridine rings is 1. The van der Waals surface area contributed by atoms with Crippen LogP contribution in [0.25, 0.3) is 16.9 Å². The number of unbranched alkanes of at least 4 members (excludes halogenated alkanes) is 1. The molecule has 0 saturated carbocycles. The molecule has 1 aromatic carbocycles. The Morgan fingerprint density at radius 3 is 2.75 bits per heavy atom. The molecule has 1 aliphatic rings. The fourth-order valence-electron chi connectivity index (χ4n) is 4.77. The van der Waals surface area contributed by atoms with E-state index in [2.05, 4.69) is 33.7 Å². The third-order valence-corrected chi connectivity index (χ3v) is 7.33. The van der Waals surface area contributed by atoms with Gasteiger partial charge in [-0.1, -0.05) is 19.8 Å². The van der Waals surface area contributed by atoms with Crippen molar-refractivity contribution in [2.45, 2.75) is 46.2 Å². The summed E-state index contributed by atoms with van der Waals surface area (Å²) in [6.45, 7) is 5.85. The molecule has 1 amide bonds. The number of aromatic nitrogens is 3. The van der Waals surface area contributed by atoms with E-state index in [-0.39, 0.29) is 35.8 Å². The van der Waals surface area contributed by atoms with Crippen molar-refractivity contribution < 1.29 is 23.6 Å². The van der Waals surface area contributed by atoms with Gasteiger partial charge in [0, 0.05) is 24.4 Å². The molecule has 0 saturated heterocycles. The van der Waals surface area contributed by atoms with E-state index in [9.17, 15) is 20.0 Å². The summed E-state index contributed by atoms with van der Waals surface area (Å²) in [4.78, 5) is 28.9. The second-order valence-corrected chi connectivity index (χ2v) is 10.8. The summed E-state index contributed by atoms with van der Waals surface area (Å²) in [6, 6.07) is 8.50. The number of rotatable bonds is 12. The van der Waals surface area contributed by atoms with E-state index >= 15 is 4.39 Å². The van der Waals surface area contributed by atoms with Crippen molar-refractivity contribution in [3.63, 3.8) is 0 Å². The smallest absolute Gasteiger partial charge is 0.308 e. The van der Waals surface area contributed by atoms with Crippen LogP contribution in [0.4, 0.5) is 10.2 Å². The summed E-state index contributed by atoms with van der Waals surface area (Å²) >= 11 is 0. The molecule has 3 N–H and O–H groups in total. The number of nitriles is 1. The minimum absolute atomic E-state index is 0.0715. The molecule has 0 aliphatic carbocycles. The molecule has 0 bridgehead atoms. The van der Waals surface area contributed by atoms with Crippen LogP contribution >= 0.6 is 0 Å². The van der Waals surface area contributed by atoms with Crippen LogP contribution in [0.5, 0.6) is 0 Å². The van der Waals surface area contributed by atoms with Crippen molar-refractivity contribution in [1.29, 1.82) is 5.26 Å². The summed E-state index contributed by atoms with van der Waals surface area (Å²) < 4.78 is 17.7. The van der Waals surface area contributed by atoms with E-state index in [4.69, 9.17) is 0 Å². The number of nitrogens with one attached hydrogen (secondary N) is 2. The van der Waals surface area contributed by atoms with Gasteiger partial charge in [-0.05, 0) is 31.5 Å². The summed E-state index contributed by atoms with van der Waals surface area (Å²) in [5.41, 5.74) is 2.32. The molecule has 11 heteroatoms. The Bertz CT molecular complexity index is 1470. The molecule has 1 aliphatic heterocycles. The number of carboxylic acids is 1. The molecule has 1 unspecified atom stereocenters. The third kappa shape index (κ3) is 6.13. The maximum Gasteiger partial charge on any atom is 0.308 e. The third-order valence-electron chi connectivity index (χ3n) is 7.33. The van der Waals surface area contributed by atoms with Crippen LogP contribution in [0.3, 0.4) is 0 Å². The van der Waals surface area contributed by atoms with Gasteiger partial charge in [0.05, 0.1) is 72.9 Å². The number of hydrogen-bond acceptors (Lipinski definition) is 6. The van der Waals surface area contributed by atoms with Crippen LogP contribution < -0.4 is 10.6 Å². The van der Waals surface area contributed by atoms with Crippen LogP contribution in [-0.4, -0.2) is 63.4 Å². The van der Waals surface area contributed by atoms with Crippen LogP contribution in [-0.2, 0) is 17.9 Å². The van der Waals surface area contributed by atoms with Gasteiger partial charge in [0.15, 0.2) is 0 Å². The van der Waals surface area contributed by atoms with Gasteiger partial charge in [0.2, 0.25) is 0 Å². The fraction of sp³-hybridized carbons (Fsp3) is 0.414. The fourth-order valence-corrected chi connectivity index (χ4v) is 4.77. The summed E-state index contributed by atoms with van der Waals surface area (Å²) in [7, 11) is 4.08. The van der Waals surface area contributed by atoms with Crippen molar-refractivity contribution >= 4 is 17.7 Å². The van der Waals surface area contributed by atoms with Gasteiger partial charge in [-0.15, -0.1) is 0 Å². The number of carbonyl (C=O) groups excluding carboxylic acids is 1. The number of halogens is 1. The SMILES string of the molecule is CCCCC(CNc1ccn(-c2cc(-c3c(F)cc(C[N+](C)(C)CC)cc3C#N)nc3c2C(=O)NC3)n1)C(=O)O. The highest BCUT2D eigenvalue weighted by molar-refractivity contribution is 6.01. The Morgan fingerprint density at radius 2 is 2.08 bits per heavy atom. The zero-order chi connectivity index (χ0) is 29.0. The molecule has 3 heterocycles. The number of quaternary nitrogens is 1. The zero-order valence-electron chi connectivity index (χ0n) is 23.3. The topological polar surface area (TPSA) is 133 Å². The maximum absolute atomic E-state index is 15.6. The largest absolute Gasteiger partial charge is 0.481 e. The predicted octanol–water partition coefficient (Wildman–Crippen LogP) is 4.09. The molecule has 3 aromatic rings. The lowest BCUT2D eigenvalue weighted by atomic mass is 9.98. The van der Waals surface area contributed by atoms with Crippen LogP contribution in [0.2, 0.25) is 0 Å². The monoisotopic (exact) mass is 548 g/mol. The first-order valence-electron chi connectivity index (χ1n) is 13.5. The number of hydrogen-bond donors (Lipinski definition) is 3. The van der Waals surface area contributed by atoms with E-state index in [1.165, 1.54) is 10.7 Å². The van der Waals surface area contributed by atoms with Crippen LogP contribution in [0, 0.1) is 23.1 Å². The number of fused-ring (bicyclic) bond motifs is 1. The standard InChI is InChI=1S/C29H34FN7O3/c1-5-7-8-19(29(39)40)15-32-25-9-10-36(35-25)24-13-22(34-23-16-33-28(38)27(23)24)26-20(14-31)11-18(12-21(26)30)17-37(3,4)6-2/h9-13,19H,5-8,15-17H2,1-4H3,(H2-,32,33,35,38,39,40)/p+1. The highest BCUT2D eigenvalue weighted by atomic mass is 19.1. The van der Waals surface area contributed by atoms with Crippen molar-refractivity contribution in [3.8, 4) is 23.0 Å². The van der Waals surface area contributed by atoms with Gasteiger partial charge in [-0.25, -0.2) is 14.1 Å². The lowest BCUT2D eigenvalue weighted by molar-refractivity contribution is -0.901. The van der Waals surface area contributed by atoms with Gasteiger partial charge >= 0.3 is 5.97 Å². The highest BCUT2D eigenvalue weighted by Gasteiger charge is 2.29. The number of anilines is 1. The summed E-state index contributed by atoms with van der Waals surface area (Å²) in [5.74, 6) is -1.86. The first kappa shape index (κ1) is 28.7. The first-order valence-corrected chi connectivity index (χ1v) is 13.5. The molecule has 4 rings (SSSR count). The average Bonchev–Trinajstić information content (AvgIpc) is 3.54. The Hall–Kier alpha value is -4.30. The Labute approximate surface area is 233 Å². The number of aliphatic carboxylic acids is 1. The van der Waals surface area contributed by atoms with Crippen molar-refractivity contribution in [1.82, 2.24) is 20.1 Å². The Morgan fingerprint density at radius 1 is 1.30 bits per heavy atom. The summed E-state index contributed by atoms with van der Waals surface area (Å²) in [6.07, 6.45) is 3.92. The van der Waals surface area contributed by atoms with Crippen molar-refractivity contribution in [2.24, 2.45) is 5.92 Å². The highest BCUT2D eigenvalue weighted by Crippen LogP contribution is 2.32. The number of carboxylic acid groups (broad SMARTS) is 1. The van der Waals surface area contributed by atoms with Crippen LogP contribution in [0.15, 0.2) is 30.5 Å². The number of benzene rings is 1. The predicted molar refractivity (Wildman–Crippen MR) is 148 cm³/mol. The number of carbonyl (C=O) groups is 2. The van der Waals surface area contributed by atoms with Gasteiger partial charge in [-0.3, -0.25) is 9.59 Å². The Balaban J connectivity index is 1.71. The molecular formula is C29H35FN7O3+. The minimum atomic E-state index is -0.868. The molecule has 0 spiro atoms. The second-order valence-electron chi connectivity index (χ2n) is 10.8. The molecule has 10 nitrogen and oxygen atoms in total. The quantitative estimate of drug-likeness (QED) is 0.290. The molecule has 1 atom stereocenters. The van der Waals surface area contributed by atoms with E-state index in [1.54, 1.807) is 24.4 Å². The first-order chi connectivity index (χ1) is 19.1. The normalized spacial score (nSPS) is 13.4. The average molecular weight is 549 g/mol. The molecule has 210 valence electrons. The molecule has 2 aromatic heterocycles. The Kier molecular flexibility index (Phi) is 8.49. The van der Waals surface area contributed by atoms with E-state index < -0.39 is 17.7 Å². The zero-order valence-corrected chi connectivity index (χ0v) is 23.3. The lowest BCUT2D eigenvalue weighted by Gasteiger charge is -2.28. The van der Waals surface area contributed by atoms with Crippen molar-refractivity contribution in [3.05, 3.63) is 58.7 Å². The number of amides is 1. The summed E-state index contributed by atoms with van der Waals surface area (Å²) in [5, 5.41) is 29.8. The van der Waals surface area contributed by atoms with Gasteiger partial charge in [0.1, 0.15) is 18.2 Å². The number of nitrogens with zero attached hydrogens (tertiary/aromatic N) is 5. The lowest BCUT2D eigenvalue weighted by Crippen LogP contribution is -2.38. The molecule has 0 fully saturated rings. The van der Waals surface area contributed by atoms with E-state index in [1.807, 2.05) is 21.0 Å². The molecule has 40 heavy (non-hydrogen) atoms. The van der Waals surface area contributed by atoms with E-state index in [0.29, 0.717) is 45.8 Å². The van der Waals surface area contributed by atoms with Gasteiger partial charge < -0.3 is 20.2 Å². The van der Waals surface area contributed by atoms with Crippen LogP contribution in [0.1, 0.15) is 60.3 Å². The second kappa shape index (κ2) is 11.8. The molecular weight excluding hydrogens is 513 g/mol.